The molecule has 1 aromatic rings. The highest BCUT2D eigenvalue weighted by molar-refractivity contribution is 5.98. The summed E-state index contributed by atoms with van der Waals surface area (Å²) in [6, 6.07) is 5.87. The summed E-state index contributed by atoms with van der Waals surface area (Å²) in [6.07, 6.45) is 5.75. The number of allylic oxidation sites excluding steroid dienone is 1. The van der Waals surface area contributed by atoms with Crippen molar-refractivity contribution >= 4 is 23.4 Å². The van der Waals surface area contributed by atoms with Crippen LogP contribution in [0.5, 0.6) is 5.75 Å². The first kappa shape index (κ1) is 28.0. The van der Waals surface area contributed by atoms with Gasteiger partial charge >= 0.3 is 0 Å². The highest BCUT2D eigenvalue weighted by atomic mass is 16.6. The maximum absolute atomic E-state index is 13.6. The molecule has 2 fully saturated rings. The molecule has 4 rings (SSSR count). The molecule has 0 saturated carbocycles. The van der Waals surface area contributed by atoms with Crippen molar-refractivity contribution in [2.45, 2.75) is 70.1 Å². The Balaban J connectivity index is 1.48. The number of amides is 2. The largest absolute Gasteiger partial charge is 0.497 e. The predicted molar refractivity (Wildman–Crippen MR) is 140 cm³/mol. The van der Waals surface area contributed by atoms with Gasteiger partial charge in [-0.1, -0.05) is 23.8 Å². The highest BCUT2D eigenvalue weighted by Crippen LogP contribution is 2.31. The normalized spacial score (nSPS) is 22.9. The molecule has 1 aromatic carbocycles. The number of epoxide rings is 1. The summed E-state index contributed by atoms with van der Waals surface area (Å²) in [6.45, 7) is 4.42. The van der Waals surface area contributed by atoms with Gasteiger partial charge in [0, 0.05) is 12.3 Å². The smallest absolute Gasteiger partial charge is 0.228 e. The van der Waals surface area contributed by atoms with Crippen molar-refractivity contribution in [3.63, 3.8) is 0 Å². The zero-order valence-electron chi connectivity index (χ0n) is 22.4. The van der Waals surface area contributed by atoms with Gasteiger partial charge in [0.15, 0.2) is 11.6 Å². The number of ketones is 2. The Morgan fingerprint density at radius 1 is 1.11 bits per heavy atom. The topological polar surface area (TPSA) is 123 Å². The minimum atomic E-state index is -0.873. The Kier molecular flexibility index (Phi) is 8.99. The number of carbonyl (C=O) groups is 4. The molecule has 9 nitrogen and oxygen atoms in total. The molecule has 4 unspecified atom stereocenters. The Morgan fingerprint density at radius 3 is 2.37 bits per heavy atom. The van der Waals surface area contributed by atoms with Gasteiger partial charge in [-0.15, -0.1) is 0 Å². The van der Waals surface area contributed by atoms with Crippen molar-refractivity contribution in [1.82, 2.24) is 10.6 Å². The molecular weight excluding hydrogens is 488 g/mol. The van der Waals surface area contributed by atoms with Gasteiger partial charge in [0.05, 0.1) is 44.9 Å². The molecule has 3 aliphatic rings. The average molecular weight is 527 g/mol. The third-order valence-corrected chi connectivity index (χ3v) is 7.64. The van der Waals surface area contributed by atoms with E-state index in [1.54, 1.807) is 33.1 Å². The Morgan fingerprint density at radius 2 is 1.82 bits per heavy atom. The molecule has 2 saturated heterocycles. The fourth-order valence-electron chi connectivity index (χ4n) is 4.83. The molecule has 2 aliphatic heterocycles. The summed E-state index contributed by atoms with van der Waals surface area (Å²) in [5.74, 6) is -1.24. The van der Waals surface area contributed by atoms with Crippen molar-refractivity contribution in [2.75, 3.05) is 26.9 Å². The first-order chi connectivity index (χ1) is 18.2. The third kappa shape index (κ3) is 7.08. The molecule has 4 atom stereocenters. The standard InChI is InChI=1S/C29H38N2O7/c1-18(30-28(35)22-15-37-16-22)25(32)14-21(12-20-8-10-23(36-3)11-9-20)27(34)31-24(13-19-6-4-5-7-19)26(33)29(2)17-38-29/h6,8-11,18,21-22,24H,4-5,7,12-17H2,1-3H3,(H,30,35)(H,31,34). The van der Waals surface area contributed by atoms with Crippen LogP contribution in [0.2, 0.25) is 0 Å². The molecule has 0 radical (unpaired) electrons. The number of methoxy groups -OCH3 is 1. The number of hydrogen-bond acceptors (Lipinski definition) is 7. The number of rotatable bonds is 14. The quantitative estimate of drug-likeness (QED) is 0.282. The lowest BCUT2D eigenvalue weighted by Crippen LogP contribution is -2.50. The van der Waals surface area contributed by atoms with Crippen molar-refractivity contribution in [1.29, 1.82) is 0 Å². The second-order valence-electron chi connectivity index (χ2n) is 10.8. The SMILES string of the molecule is COc1ccc(CC(CC(=O)C(C)NC(=O)C2COC2)C(=O)NC(CC2=CCCC2)C(=O)C2(C)CO2)cc1. The maximum Gasteiger partial charge on any atom is 0.228 e. The zero-order valence-corrected chi connectivity index (χ0v) is 22.4. The highest BCUT2D eigenvalue weighted by Gasteiger charge is 2.50. The van der Waals surface area contributed by atoms with Gasteiger partial charge in [0.25, 0.3) is 0 Å². The number of benzene rings is 1. The molecule has 2 N–H and O–H groups in total. The first-order valence-electron chi connectivity index (χ1n) is 13.4. The van der Waals surface area contributed by atoms with Crippen LogP contribution in [0.15, 0.2) is 35.9 Å². The van der Waals surface area contributed by atoms with Gasteiger partial charge < -0.3 is 24.8 Å². The molecule has 2 amide bonds. The van der Waals surface area contributed by atoms with Crippen LogP contribution in [-0.2, 0) is 35.1 Å². The molecule has 2 heterocycles. The fourth-order valence-corrected chi connectivity index (χ4v) is 4.83. The number of Topliss-reactive ketones (excluding diaryl/α,β-unsaturated/α-hetero) is 2. The summed E-state index contributed by atoms with van der Waals surface area (Å²) in [4.78, 5) is 52.3. The molecule has 206 valence electrons. The molecule has 0 aromatic heterocycles. The number of carbonyl (C=O) groups excluding carboxylic acids is 4. The van der Waals surface area contributed by atoms with E-state index in [0.29, 0.717) is 38.4 Å². The van der Waals surface area contributed by atoms with Crippen LogP contribution in [0.25, 0.3) is 0 Å². The molecule has 9 heteroatoms. The van der Waals surface area contributed by atoms with E-state index in [9.17, 15) is 19.2 Å². The molecule has 0 spiro atoms. The van der Waals surface area contributed by atoms with Crippen molar-refractivity contribution in [3.8, 4) is 5.75 Å². The van der Waals surface area contributed by atoms with Gasteiger partial charge in [0.2, 0.25) is 11.8 Å². The Hall–Kier alpha value is -3.04. The fraction of sp³-hybridized carbons (Fsp3) is 0.586. The molecular formula is C29H38N2O7. The zero-order chi connectivity index (χ0) is 27.3. The van der Waals surface area contributed by atoms with Crippen LogP contribution in [0.1, 0.15) is 51.5 Å². The van der Waals surface area contributed by atoms with E-state index >= 15 is 0 Å². The lowest BCUT2D eigenvalue weighted by molar-refractivity contribution is -0.141. The van der Waals surface area contributed by atoms with Gasteiger partial charge in [-0.05, 0) is 63.6 Å². The van der Waals surface area contributed by atoms with Crippen LogP contribution >= 0.6 is 0 Å². The van der Waals surface area contributed by atoms with E-state index in [1.807, 2.05) is 12.1 Å². The second-order valence-corrected chi connectivity index (χ2v) is 10.8. The lowest BCUT2D eigenvalue weighted by Gasteiger charge is -2.27. The van der Waals surface area contributed by atoms with Crippen LogP contribution in [0.4, 0.5) is 0 Å². The third-order valence-electron chi connectivity index (χ3n) is 7.64. The Labute approximate surface area is 223 Å². The Bertz CT molecular complexity index is 1070. The maximum atomic E-state index is 13.6. The average Bonchev–Trinajstić information content (AvgIpc) is 3.40. The van der Waals surface area contributed by atoms with E-state index in [2.05, 4.69) is 16.7 Å². The van der Waals surface area contributed by atoms with Gasteiger partial charge in [0.1, 0.15) is 11.4 Å². The van der Waals surface area contributed by atoms with Crippen molar-refractivity contribution in [3.05, 3.63) is 41.5 Å². The number of ether oxygens (including phenoxy) is 3. The number of nitrogens with one attached hydrogen (secondary N) is 2. The molecule has 1 aliphatic carbocycles. The minimum Gasteiger partial charge on any atom is -0.497 e. The lowest BCUT2D eigenvalue weighted by atomic mass is 9.89. The number of hydrogen-bond donors (Lipinski definition) is 2. The van der Waals surface area contributed by atoms with Gasteiger partial charge in [-0.2, -0.15) is 0 Å². The van der Waals surface area contributed by atoms with Crippen molar-refractivity contribution in [2.24, 2.45) is 11.8 Å². The second kappa shape index (κ2) is 12.2. The summed E-state index contributed by atoms with van der Waals surface area (Å²) in [5.41, 5.74) is 1.15. The van der Waals surface area contributed by atoms with E-state index in [1.165, 1.54) is 0 Å². The van der Waals surface area contributed by atoms with E-state index in [-0.39, 0.29) is 35.7 Å². The molecule has 0 bridgehead atoms. The molecule has 38 heavy (non-hydrogen) atoms. The summed E-state index contributed by atoms with van der Waals surface area (Å²) >= 11 is 0. The van der Waals surface area contributed by atoms with Crippen LogP contribution < -0.4 is 15.4 Å². The van der Waals surface area contributed by atoms with Crippen LogP contribution in [0.3, 0.4) is 0 Å². The van der Waals surface area contributed by atoms with Crippen LogP contribution in [0, 0.1) is 11.8 Å². The van der Waals surface area contributed by atoms with Gasteiger partial charge in [-0.3, -0.25) is 19.2 Å². The van der Waals surface area contributed by atoms with E-state index in [4.69, 9.17) is 14.2 Å². The first-order valence-corrected chi connectivity index (χ1v) is 13.4. The predicted octanol–water partition coefficient (Wildman–Crippen LogP) is 2.31. The minimum absolute atomic E-state index is 0.0716. The van der Waals surface area contributed by atoms with Crippen molar-refractivity contribution < 1.29 is 33.4 Å². The summed E-state index contributed by atoms with van der Waals surface area (Å²) in [5, 5.41) is 5.71. The summed E-state index contributed by atoms with van der Waals surface area (Å²) in [7, 11) is 1.58. The van der Waals surface area contributed by atoms with Crippen LogP contribution in [-0.4, -0.2) is 68.0 Å². The monoisotopic (exact) mass is 526 g/mol. The van der Waals surface area contributed by atoms with Gasteiger partial charge in [-0.25, -0.2) is 0 Å². The summed E-state index contributed by atoms with van der Waals surface area (Å²) < 4.78 is 15.7. The van der Waals surface area contributed by atoms with E-state index < -0.39 is 23.6 Å². The van der Waals surface area contributed by atoms with E-state index in [0.717, 1.165) is 30.4 Å².